The van der Waals surface area contributed by atoms with Gasteiger partial charge in [-0.15, -0.1) is 0 Å². The van der Waals surface area contributed by atoms with Gasteiger partial charge in [0.05, 0.1) is 12.8 Å². The molecule has 0 fully saturated rings. The second-order valence-corrected chi connectivity index (χ2v) is 6.40. The molecule has 0 aliphatic carbocycles. The van der Waals surface area contributed by atoms with Gasteiger partial charge in [-0.1, -0.05) is 28.9 Å². The fraction of sp³-hybridized carbons (Fsp3) is 0.100. The van der Waals surface area contributed by atoms with E-state index in [1.807, 2.05) is 24.3 Å². The van der Waals surface area contributed by atoms with Crippen molar-refractivity contribution in [3.8, 4) is 28.4 Å². The Kier molecular flexibility index (Phi) is 4.90. The molecule has 0 amide bonds. The molecule has 7 nitrogen and oxygen atoms in total. The van der Waals surface area contributed by atoms with Crippen molar-refractivity contribution in [2.45, 2.75) is 6.54 Å². The van der Waals surface area contributed by atoms with Crippen LogP contribution in [0, 0.1) is 0 Å². The van der Waals surface area contributed by atoms with Crippen molar-refractivity contribution in [1.82, 2.24) is 19.9 Å². The predicted molar refractivity (Wildman–Crippen MR) is 104 cm³/mol. The van der Waals surface area contributed by atoms with Crippen molar-refractivity contribution in [3.63, 3.8) is 0 Å². The maximum absolute atomic E-state index is 12.2. The van der Waals surface area contributed by atoms with E-state index in [0.717, 1.165) is 11.1 Å². The van der Waals surface area contributed by atoms with E-state index in [0.29, 0.717) is 22.3 Å². The van der Waals surface area contributed by atoms with E-state index >= 15 is 0 Å². The van der Waals surface area contributed by atoms with Crippen LogP contribution < -0.4 is 10.3 Å². The molecular formula is C20H15ClN4O3. The van der Waals surface area contributed by atoms with Gasteiger partial charge in [-0.2, -0.15) is 10.1 Å². The van der Waals surface area contributed by atoms with Crippen LogP contribution in [-0.2, 0) is 6.54 Å². The third kappa shape index (κ3) is 3.79. The molecule has 0 bridgehead atoms. The summed E-state index contributed by atoms with van der Waals surface area (Å²) in [6.45, 7) is 0.0667. The van der Waals surface area contributed by atoms with Crippen LogP contribution in [0.5, 0.6) is 5.75 Å². The van der Waals surface area contributed by atoms with Gasteiger partial charge in [0.25, 0.3) is 5.56 Å². The van der Waals surface area contributed by atoms with Gasteiger partial charge in [-0.3, -0.25) is 4.79 Å². The first-order valence-electron chi connectivity index (χ1n) is 8.43. The molecule has 0 N–H and O–H groups in total. The molecule has 0 radical (unpaired) electrons. The molecule has 8 heteroatoms. The average Bonchev–Trinajstić information content (AvgIpc) is 3.19. The highest BCUT2D eigenvalue weighted by molar-refractivity contribution is 6.30. The molecule has 4 aromatic rings. The first-order chi connectivity index (χ1) is 13.6. The molecule has 140 valence electrons. The Morgan fingerprint density at radius 1 is 1.07 bits per heavy atom. The number of rotatable bonds is 5. The summed E-state index contributed by atoms with van der Waals surface area (Å²) in [5.74, 6) is 1.41. The van der Waals surface area contributed by atoms with E-state index in [-0.39, 0.29) is 18.0 Å². The molecule has 0 spiro atoms. The Morgan fingerprint density at radius 2 is 1.89 bits per heavy atom. The van der Waals surface area contributed by atoms with E-state index in [4.69, 9.17) is 20.9 Å². The van der Waals surface area contributed by atoms with Crippen LogP contribution in [0.1, 0.15) is 5.89 Å². The zero-order chi connectivity index (χ0) is 19.5. The lowest BCUT2D eigenvalue weighted by Gasteiger charge is -2.06. The molecule has 4 rings (SSSR count). The van der Waals surface area contributed by atoms with Crippen LogP contribution >= 0.6 is 11.6 Å². The molecular weight excluding hydrogens is 380 g/mol. The summed E-state index contributed by atoms with van der Waals surface area (Å²) in [5, 5.41) is 8.99. The highest BCUT2D eigenvalue weighted by atomic mass is 35.5. The lowest BCUT2D eigenvalue weighted by Crippen LogP contribution is -2.23. The SMILES string of the molecule is COc1cccc(-c2ccc(=O)n(Cc3nc(-c4ccc(Cl)cc4)no3)n2)c1. The number of hydrogen-bond donors (Lipinski definition) is 0. The molecule has 2 aromatic carbocycles. The lowest BCUT2D eigenvalue weighted by atomic mass is 10.1. The fourth-order valence-electron chi connectivity index (χ4n) is 2.66. The van der Waals surface area contributed by atoms with Gasteiger partial charge < -0.3 is 9.26 Å². The number of halogens is 1. The molecule has 2 heterocycles. The Bertz CT molecular complexity index is 1170. The lowest BCUT2D eigenvalue weighted by molar-refractivity contribution is 0.363. The minimum atomic E-state index is -0.266. The van der Waals surface area contributed by atoms with Crippen molar-refractivity contribution >= 4 is 11.6 Å². The Morgan fingerprint density at radius 3 is 2.68 bits per heavy atom. The quantitative estimate of drug-likeness (QED) is 0.513. The van der Waals surface area contributed by atoms with Crippen molar-refractivity contribution in [2.24, 2.45) is 0 Å². The second-order valence-electron chi connectivity index (χ2n) is 5.97. The van der Waals surface area contributed by atoms with Crippen LogP contribution in [0.2, 0.25) is 5.02 Å². The van der Waals surface area contributed by atoms with Crippen LogP contribution in [0.15, 0.2) is 70.0 Å². The average molecular weight is 395 g/mol. The molecule has 0 saturated heterocycles. The largest absolute Gasteiger partial charge is 0.497 e. The fourth-order valence-corrected chi connectivity index (χ4v) is 2.79. The molecule has 0 saturated carbocycles. The summed E-state index contributed by atoms with van der Waals surface area (Å²) >= 11 is 5.90. The summed E-state index contributed by atoms with van der Waals surface area (Å²) in [7, 11) is 1.60. The van der Waals surface area contributed by atoms with Crippen molar-refractivity contribution in [3.05, 3.63) is 81.9 Å². The van der Waals surface area contributed by atoms with E-state index in [1.165, 1.54) is 10.7 Å². The van der Waals surface area contributed by atoms with Gasteiger partial charge in [0.1, 0.15) is 12.3 Å². The van der Waals surface area contributed by atoms with Crippen LogP contribution in [0.25, 0.3) is 22.6 Å². The maximum atomic E-state index is 12.2. The molecule has 28 heavy (non-hydrogen) atoms. The van der Waals surface area contributed by atoms with Crippen LogP contribution in [0.3, 0.4) is 0 Å². The third-order valence-electron chi connectivity index (χ3n) is 4.09. The van der Waals surface area contributed by atoms with E-state index < -0.39 is 0 Å². The van der Waals surface area contributed by atoms with Crippen molar-refractivity contribution < 1.29 is 9.26 Å². The Hall–Kier alpha value is -3.45. The Labute approximate surface area is 165 Å². The highest BCUT2D eigenvalue weighted by Gasteiger charge is 2.12. The Balaban J connectivity index is 1.61. The van der Waals surface area contributed by atoms with Gasteiger partial charge in [0.2, 0.25) is 11.7 Å². The molecule has 0 aliphatic rings. The van der Waals surface area contributed by atoms with Crippen LogP contribution in [-0.4, -0.2) is 27.0 Å². The summed E-state index contributed by atoms with van der Waals surface area (Å²) in [6.07, 6.45) is 0. The minimum absolute atomic E-state index is 0.0667. The van der Waals surface area contributed by atoms with E-state index in [1.54, 1.807) is 37.4 Å². The third-order valence-corrected chi connectivity index (χ3v) is 4.34. The summed E-state index contributed by atoms with van der Waals surface area (Å²) in [5.41, 5.74) is 1.97. The van der Waals surface area contributed by atoms with Crippen molar-refractivity contribution in [2.75, 3.05) is 7.11 Å². The normalized spacial score (nSPS) is 10.8. The number of ether oxygens (including phenoxy) is 1. The number of methoxy groups -OCH3 is 1. The maximum Gasteiger partial charge on any atom is 0.267 e. The molecule has 0 atom stereocenters. The van der Waals surface area contributed by atoms with Gasteiger partial charge >= 0.3 is 0 Å². The van der Waals surface area contributed by atoms with Crippen molar-refractivity contribution in [1.29, 1.82) is 0 Å². The van der Waals surface area contributed by atoms with Gasteiger partial charge in [0.15, 0.2) is 0 Å². The zero-order valence-corrected chi connectivity index (χ0v) is 15.6. The number of hydrogen-bond acceptors (Lipinski definition) is 6. The molecule has 2 aromatic heterocycles. The van der Waals surface area contributed by atoms with Crippen LogP contribution in [0.4, 0.5) is 0 Å². The highest BCUT2D eigenvalue weighted by Crippen LogP contribution is 2.21. The van der Waals surface area contributed by atoms with E-state index in [9.17, 15) is 4.79 Å². The number of benzene rings is 2. The molecule has 0 aliphatic heterocycles. The van der Waals surface area contributed by atoms with E-state index in [2.05, 4.69) is 15.2 Å². The molecule has 0 unspecified atom stereocenters. The topological polar surface area (TPSA) is 83.0 Å². The number of aromatic nitrogens is 4. The second kappa shape index (κ2) is 7.66. The summed E-state index contributed by atoms with van der Waals surface area (Å²) < 4.78 is 11.8. The van der Waals surface area contributed by atoms with Gasteiger partial charge in [-0.25, -0.2) is 4.68 Å². The smallest absolute Gasteiger partial charge is 0.267 e. The minimum Gasteiger partial charge on any atom is -0.497 e. The number of nitrogens with zero attached hydrogens (tertiary/aromatic N) is 4. The standard InChI is InChI=1S/C20H15ClN4O3/c1-27-16-4-2-3-14(11-16)17-9-10-19(26)25(23-17)12-18-22-20(24-28-18)13-5-7-15(21)8-6-13/h2-11H,12H2,1H3. The summed E-state index contributed by atoms with van der Waals surface area (Å²) in [6, 6.07) is 17.7. The predicted octanol–water partition coefficient (Wildman–Crippen LogP) is 3.67. The summed E-state index contributed by atoms with van der Waals surface area (Å²) in [4.78, 5) is 16.6. The first kappa shape index (κ1) is 17.9. The van der Waals surface area contributed by atoms with Gasteiger partial charge in [0, 0.05) is 22.2 Å². The zero-order valence-electron chi connectivity index (χ0n) is 14.9. The van der Waals surface area contributed by atoms with Gasteiger partial charge in [-0.05, 0) is 42.5 Å². The first-order valence-corrected chi connectivity index (χ1v) is 8.81. The monoisotopic (exact) mass is 394 g/mol.